The summed E-state index contributed by atoms with van der Waals surface area (Å²) in [7, 11) is 0. The van der Waals surface area contributed by atoms with E-state index in [-0.39, 0.29) is 35.1 Å². The number of rotatable bonds is 5. The van der Waals surface area contributed by atoms with Crippen LogP contribution in [0.15, 0.2) is 47.1 Å². The molecule has 1 aromatic heterocycles. The first kappa shape index (κ1) is 22.1. The Balaban J connectivity index is 1.68. The van der Waals surface area contributed by atoms with E-state index < -0.39 is 0 Å². The van der Waals surface area contributed by atoms with Crippen LogP contribution in [0.3, 0.4) is 0 Å². The Morgan fingerprint density at radius 3 is 2.40 bits per heavy atom. The van der Waals surface area contributed by atoms with Crippen molar-refractivity contribution in [3.05, 3.63) is 59.5 Å². The summed E-state index contributed by atoms with van der Waals surface area (Å²) in [5, 5.41) is 3.25. The van der Waals surface area contributed by atoms with Crippen molar-refractivity contribution in [1.29, 1.82) is 0 Å². The molecule has 2 amide bonds. The van der Waals surface area contributed by atoms with Gasteiger partial charge in [0.05, 0.1) is 18.2 Å². The molecule has 1 aromatic carbocycles. The minimum atomic E-state index is -0.201. The lowest BCUT2D eigenvalue weighted by Gasteiger charge is -2.33. The van der Waals surface area contributed by atoms with Gasteiger partial charge in [-0.05, 0) is 47.4 Å². The topological polar surface area (TPSA) is 62.6 Å². The van der Waals surface area contributed by atoms with Crippen molar-refractivity contribution in [2.45, 2.75) is 58.9 Å². The average molecular weight is 411 g/mol. The highest BCUT2D eigenvalue weighted by atomic mass is 16.3. The summed E-state index contributed by atoms with van der Waals surface area (Å²) in [6, 6.07) is 11.9. The first-order valence-corrected chi connectivity index (χ1v) is 10.9. The van der Waals surface area contributed by atoms with Gasteiger partial charge in [-0.15, -0.1) is 0 Å². The van der Waals surface area contributed by atoms with Gasteiger partial charge in [0.15, 0.2) is 5.76 Å². The van der Waals surface area contributed by atoms with Crippen LogP contribution in [0.1, 0.15) is 75.2 Å². The number of hydrogen-bond donors (Lipinski definition) is 1. The van der Waals surface area contributed by atoms with E-state index in [0.717, 1.165) is 18.4 Å². The highest BCUT2D eigenvalue weighted by Gasteiger charge is 2.31. The minimum Gasteiger partial charge on any atom is -0.459 e. The molecule has 0 bridgehead atoms. The van der Waals surface area contributed by atoms with Gasteiger partial charge < -0.3 is 14.6 Å². The normalized spacial score (nSPS) is 18.3. The van der Waals surface area contributed by atoms with E-state index in [0.29, 0.717) is 18.8 Å². The minimum absolute atomic E-state index is 0.0190. The average Bonchev–Trinajstić information content (AvgIpc) is 3.25. The first-order chi connectivity index (χ1) is 14.2. The molecule has 2 atom stereocenters. The Bertz CT molecular complexity index is 848. The maximum absolute atomic E-state index is 13.1. The first-order valence-electron chi connectivity index (χ1n) is 10.9. The quantitative estimate of drug-likeness (QED) is 0.759. The number of hydrogen-bond acceptors (Lipinski definition) is 3. The monoisotopic (exact) mass is 410 g/mol. The highest BCUT2D eigenvalue weighted by molar-refractivity contribution is 5.92. The van der Waals surface area contributed by atoms with E-state index in [4.69, 9.17) is 4.42 Å². The molecule has 2 heterocycles. The molecule has 5 heteroatoms. The lowest BCUT2D eigenvalue weighted by Crippen LogP contribution is -2.46. The Labute approximate surface area is 179 Å². The maximum atomic E-state index is 13.1. The van der Waals surface area contributed by atoms with E-state index in [2.05, 4.69) is 64.2 Å². The summed E-state index contributed by atoms with van der Waals surface area (Å²) in [4.78, 5) is 27.4. The van der Waals surface area contributed by atoms with Crippen molar-refractivity contribution in [2.75, 3.05) is 13.1 Å². The Kier molecular flexibility index (Phi) is 6.69. The smallest absolute Gasteiger partial charge is 0.289 e. The fourth-order valence-corrected chi connectivity index (χ4v) is 4.03. The summed E-state index contributed by atoms with van der Waals surface area (Å²) < 4.78 is 5.24. The fourth-order valence-electron chi connectivity index (χ4n) is 4.03. The zero-order valence-corrected chi connectivity index (χ0v) is 18.8. The molecule has 0 saturated carbocycles. The number of amides is 2. The maximum Gasteiger partial charge on any atom is 0.289 e. The van der Waals surface area contributed by atoms with E-state index >= 15 is 0 Å². The molecule has 0 spiro atoms. The van der Waals surface area contributed by atoms with Gasteiger partial charge in [0.1, 0.15) is 0 Å². The second-order valence-electron chi connectivity index (χ2n) is 9.67. The standard InChI is InChI=1S/C25H34N2O3/c1-17(2)22(18-10-12-20(13-11-18)25(3,4)5)26-23(28)19-8-6-14-27(16-19)24(29)21-9-7-15-30-21/h7,9-13,15,17,19,22H,6,8,14,16H2,1-5H3,(H,26,28). The van der Waals surface area contributed by atoms with Crippen LogP contribution >= 0.6 is 0 Å². The van der Waals surface area contributed by atoms with Gasteiger partial charge in [-0.2, -0.15) is 0 Å². The van der Waals surface area contributed by atoms with Crippen molar-refractivity contribution in [2.24, 2.45) is 11.8 Å². The van der Waals surface area contributed by atoms with Crippen LogP contribution in [0.5, 0.6) is 0 Å². The zero-order valence-electron chi connectivity index (χ0n) is 18.8. The van der Waals surface area contributed by atoms with Crippen molar-refractivity contribution in [1.82, 2.24) is 10.2 Å². The third kappa shape index (κ3) is 5.13. The molecule has 2 aromatic rings. The van der Waals surface area contributed by atoms with Crippen LogP contribution in [0, 0.1) is 11.8 Å². The van der Waals surface area contributed by atoms with E-state index in [9.17, 15) is 9.59 Å². The number of nitrogens with zero attached hydrogens (tertiary/aromatic N) is 1. The fraction of sp³-hybridized carbons (Fsp3) is 0.520. The lowest BCUT2D eigenvalue weighted by atomic mass is 9.85. The lowest BCUT2D eigenvalue weighted by molar-refractivity contribution is -0.127. The molecular weight excluding hydrogens is 376 g/mol. The second kappa shape index (κ2) is 9.07. The van der Waals surface area contributed by atoms with Crippen LogP contribution in [-0.2, 0) is 10.2 Å². The molecule has 0 aliphatic carbocycles. The van der Waals surface area contributed by atoms with Crippen molar-refractivity contribution < 1.29 is 14.0 Å². The molecule has 1 fully saturated rings. The number of carbonyl (C=O) groups excluding carboxylic acids is 2. The molecule has 2 unspecified atom stereocenters. The molecule has 30 heavy (non-hydrogen) atoms. The molecule has 1 saturated heterocycles. The number of carbonyl (C=O) groups is 2. The molecule has 5 nitrogen and oxygen atoms in total. The molecule has 1 aliphatic heterocycles. The largest absolute Gasteiger partial charge is 0.459 e. The van der Waals surface area contributed by atoms with Crippen LogP contribution in [0.25, 0.3) is 0 Å². The third-order valence-electron chi connectivity index (χ3n) is 5.91. The van der Waals surface area contributed by atoms with Gasteiger partial charge in [-0.1, -0.05) is 58.9 Å². The molecule has 162 valence electrons. The number of nitrogens with one attached hydrogen (secondary N) is 1. The summed E-state index contributed by atoms with van der Waals surface area (Å²) in [5.41, 5.74) is 2.49. The molecule has 3 rings (SSSR count). The molecule has 1 aliphatic rings. The molecular formula is C25H34N2O3. The zero-order chi connectivity index (χ0) is 21.9. The van der Waals surface area contributed by atoms with Crippen LogP contribution < -0.4 is 5.32 Å². The molecule has 1 N–H and O–H groups in total. The Morgan fingerprint density at radius 1 is 1.13 bits per heavy atom. The van der Waals surface area contributed by atoms with Gasteiger partial charge in [0.25, 0.3) is 5.91 Å². The Morgan fingerprint density at radius 2 is 1.83 bits per heavy atom. The summed E-state index contributed by atoms with van der Waals surface area (Å²) in [6.45, 7) is 11.9. The van der Waals surface area contributed by atoms with Crippen LogP contribution in [-0.4, -0.2) is 29.8 Å². The van der Waals surface area contributed by atoms with E-state index in [1.54, 1.807) is 17.0 Å². The van der Waals surface area contributed by atoms with Gasteiger partial charge in [0, 0.05) is 13.1 Å². The number of piperidine rings is 1. The summed E-state index contributed by atoms with van der Waals surface area (Å²) in [6.07, 6.45) is 3.11. The van der Waals surface area contributed by atoms with Crippen molar-refractivity contribution in [3.8, 4) is 0 Å². The van der Waals surface area contributed by atoms with Crippen molar-refractivity contribution in [3.63, 3.8) is 0 Å². The number of likely N-dealkylation sites (tertiary alicyclic amines) is 1. The van der Waals surface area contributed by atoms with Gasteiger partial charge in [-0.3, -0.25) is 9.59 Å². The van der Waals surface area contributed by atoms with Crippen LogP contribution in [0.4, 0.5) is 0 Å². The van der Waals surface area contributed by atoms with Gasteiger partial charge in [0.2, 0.25) is 5.91 Å². The predicted molar refractivity (Wildman–Crippen MR) is 118 cm³/mol. The number of benzene rings is 1. The van der Waals surface area contributed by atoms with Crippen molar-refractivity contribution >= 4 is 11.8 Å². The molecule has 0 radical (unpaired) electrons. The Hall–Kier alpha value is -2.56. The number of furan rings is 1. The van der Waals surface area contributed by atoms with Crippen LogP contribution in [0.2, 0.25) is 0 Å². The predicted octanol–water partition coefficient (Wildman–Crippen LogP) is 4.94. The SMILES string of the molecule is CC(C)C(NC(=O)C1CCCN(C(=O)c2ccco2)C1)c1ccc(C(C)(C)C)cc1. The third-order valence-corrected chi connectivity index (χ3v) is 5.91. The highest BCUT2D eigenvalue weighted by Crippen LogP contribution is 2.28. The van der Waals surface area contributed by atoms with E-state index in [1.807, 2.05) is 0 Å². The summed E-state index contributed by atoms with van der Waals surface area (Å²) >= 11 is 0. The summed E-state index contributed by atoms with van der Waals surface area (Å²) in [5.74, 6) is 0.267. The van der Waals surface area contributed by atoms with E-state index in [1.165, 1.54) is 11.8 Å². The van der Waals surface area contributed by atoms with Gasteiger partial charge in [-0.25, -0.2) is 0 Å². The second-order valence-corrected chi connectivity index (χ2v) is 9.67. The van der Waals surface area contributed by atoms with Gasteiger partial charge >= 0.3 is 0 Å².